The van der Waals surface area contributed by atoms with Crippen molar-refractivity contribution in [3.63, 3.8) is 0 Å². The van der Waals surface area contributed by atoms with Crippen molar-refractivity contribution in [2.24, 2.45) is 5.92 Å². The topological polar surface area (TPSA) is 44.4 Å². The zero-order valence-corrected chi connectivity index (χ0v) is 14.0. The Morgan fingerprint density at radius 3 is 2.59 bits per heavy atom. The van der Waals surface area contributed by atoms with Crippen LogP contribution in [-0.4, -0.2) is 43.0 Å². The molecule has 2 N–H and O–H groups in total. The average Bonchev–Trinajstić information content (AvgIpc) is 2.55. The van der Waals surface area contributed by atoms with Crippen LogP contribution in [0.4, 0.5) is 0 Å². The number of hydrogen-bond donors (Lipinski definition) is 2. The molecule has 0 spiro atoms. The second kappa shape index (κ2) is 8.30. The highest BCUT2D eigenvalue weighted by Gasteiger charge is 2.29. The summed E-state index contributed by atoms with van der Waals surface area (Å²) in [6, 6.07) is 10.1. The molecule has 4 heteroatoms. The molecule has 122 valence electrons. The maximum Gasteiger partial charge on any atom is 0.242 e. The van der Waals surface area contributed by atoms with E-state index in [9.17, 15) is 4.79 Å². The molecule has 1 heterocycles. The SMILES string of the molecule is CCN(CC)C(C(=O)NC1CNCCC1C)c1ccccc1. The Labute approximate surface area is 134 Å². The second-order valence-electron chi connectivity index (χ2n) is 6.12. The lowest BCUT2D eigenvalue weighted by molar-refractivity contribution is -0.127. The van der Waals surface area contributed by atoms with Gasteiger partial charge in [0.25, 0.3) is 0 Å². The Hall–Kier alpha value is -1.39. The number of rotatable bonds is 6. The van der Waals surface area contributed by atoms with Crippen molar-refractivity contribution in [3.8, 4) is 0 Å². The van der Waals surface area contributed by atoms with Crippen molar-refractivity contribution >= 4 is 5.91 Å². The molecule has 0 aromatic heterocycles. The minimum Gasteiger partial charge on any atom is -0.350 e. The number of nitrogens with zero attached hydrogens (tertiary/aromatic N) is 1. The number of piperidine rings is 1. The molecular formula is C18H29N3O. The Balaban J connectivity index is 2.15. The standard InChI is InChI=1S/C18H29N3O/c1-4-21(5-2)17(15-9-7-6-8-10-15)18(22)20-16-13-19-12-11-14(16)3/h6-10,14,16-17,19H,4-5,11-13H2,1-3H3,(H,20,22). The van der Waals surface area contributed by atoms with Crippen LogP contribution < -0.4 is 10.6 Å². The van der Waals surface area contributed by atoms with Crippen LogP contribution in [0.25, 0.3) is 0 Å². The van der Waals surface area contributed by atoms with E-state index in [4.69, 9.17) is 0 Å². The summed E-state index contributed by atoms with van der Waals surface area (Å²) in [5.41, 5.74) is 1.07. The molecule has 3 unspecified atom stereocenters. The number of carbonyl (C=O) groups is 1. The van der Waals surface area contributed by atoms with E-state index >= 15 is 0 Å². The monoisotopic (exact) mass is 303 g/mol. The van der Waals surface area contributed by atoms with Gasteiger partial charge in [0.2, 0.25) is 5.91 Å². The van der Waals surface area contributed by atoms with Crippen molar-refractivity contribution in [3.05, 3.63) is 35.9 Å². The molecule has 1 fully saturated rings. The molecule has 0 aliphatic carbocycles. The van der Waals surface area contributed by atoms with Gasteiger partial charge in [-0.3, -0.25) is 9.69 Å². The lowest BCUT2D eigenvalue weighted by Crippen LogP contribution is -2.53. The fourth-order valence-electron chi connectivity index (χ4n) is 3.20. The normalized spacial score (nSPS) is 23.3. The number of benzene rings is 1. The summed E-state index contributed by atoms with van der Waals surface area (Å²) < 4.78 is 0. The van der Waals surface area contributed by atoms with E-state index in [2.05, 4.69) is 36.3 Å². The van der Waals surface area contributed by atoms with Crippen molar-refractivity contribution in [2.45, 2.75) is 39.3 Å². The molecule has 2 rings (SSSR count). The smallest absolute Gasteiger partial charge is 0.242 e. The molecule has 1 aromatic carbocycles. The number of amides is 1. The zero-order valence-electron chi connectivity index (χ0n) is 14.0. The number of likely N-dealkylation sites (N-methyl/N-ethyl adjacent to an activating group) is 1. The molecule has 0 bridgehead atoms. The quantitative estimate of drug-likeness (QED) is 0.846. The van der Waals surface area contributed by atoms with E-state index in [1.807, 2.05) is 30.3 Å². The van der Waals surface area contributed by atoms with Crippen LogP contribution in [-0.2, 0) is 4.79 Å². The first kappa shape index (κ1) is 17.0. The third-order valence-electron chi connectivity index (χ3n) is 4.70. The van der Waals surface area contributed by atoms with Crippen LogP contribution in [0.3, 0.4) is 0 Å². The summed E-state index contributed by atoms with van der Waals surface area (Å²) in [4.78, 5) is 15.2. The van der Waals surface area contributed by atoms with E-state index in [1.165, 1.54) is 0 Å². The number of nitrogens with one attached hydrogen (secondary N) is 2. The van der Waals surface area contributed by atoms with E-state index in [0.29, 0.717) is 5.92 Å². The van der Waals surface area contributed by atoms with Gasteiger partial charge in [-0.2, -0.15) is 0 Å². The van der Waals surface area contributed by atoms with Crippen LogP contribution in [0.5, 0.6) is 0 Å². The Bertz CT molecular complexity index is 459. The van der Waals surface area contributed by atoms with Gasteiger partial charge in [0.1, 0.15) is 6.04 Å². The highest BCUT2D eigenvalue weighted by Crippen LogP contribution is 2.22. The van der Waals surface area contributed by atoms with Crippen molar-refractivity contribution in [2.75, 3.05) is 26.2 Å². The molecule has 1 aliphatic rings. The van der Waals surface area contributed by atoms with Crippen LogP contribution in [0, 0.1) is 5.92 Å². The predicted molar refractivity (Wildman–Crippen MR) is 90.7 cm³/mol. The first-order chi connectivity index (χ1) is 10.7. The Morgan fingerprint density at radius 1 is 1.32 bits per heavy atom. The maximum absolute atomic E-state index is 12.9. The molecule has 0 saturated carbocycles. The van der Waals surface area contributed by atoms with Crippen molar-refractivity contribution < 1.29 is 4.79 Å². The van der Waals surface area contributed by atoms with Gasteiger partial charge in [0.15, 0.2) is 0 Å². The van der Waals surface area contributed by atoms with Crippen LogP contribution in [0.15, 0.2) is 30.3 Å². The van der Waals surface area contributed by atoms with Crippen LogP contribution in [0.1, 0.15) is 38.8 Å². The lowest BCUT2D eigenvalue weighted by Gasteiger charge is -2.34. The maximum atomic E-state index is 12.9. The minimum atomic E-state index is -0.203. The molecule has 4 nitrogen and oxygen atoms in total. The zero-order chi connectivity index (χ0) is 15.9. The van der Waals surface area contributed by atoms with E-state index < -0.39 is 0 Å². The molecule has 3 atom stereocenters. The summed E-state index contributed by atoms with van der Waals surface area (Å²) in [5, 5.41) is 6.65. The third kappa shape index (κ3) is 4.08. The molecule has 0 radical (unpaired) electrons. The fourth-order valence-corrected chi connectivity index (χ4v) is 3.20. The minimum absolute atomic E-state index is 0.121. The number of hydrogen-bond acceptors (Lipinski definition) is 3. The highest BCUT2D eigenvalue weighted by molar-refractivity contribution is 5.83. The summed E-state index contributed by atoms with van der Waals surface area (Å²) in [6.07, 6.45) is 1.12. The molecule has 22 heavy (non-hydrogen) atoms. The number of carbonyl (C=O) groups excluding carboxylic acids is 1. The predicted octanol–water partition coefficient (Wildman–Crippen LogP) is 2.18. The van der Waals surface area contributed by atoms with Gasteiger partial charge in [-0.25, -0.2) is 0 Å². The van der Waals surface area contributed by atoms with Gasteiger partial charge < -0.3 is 10.6 Å². The molecule has 1 aromatic rings. The molecule has 1 saturated heterocycles. The summed E-state index contributed by atoms with van der Waals surface area (Å²) >= 11 is 0. The van der Waals surface area contributed by atoms with Gasteiger partial charge in [0, 0.05) is 12.6 Å². The Morgan fingerprint density at radius 2 is 2.00 bits per heavy atom. The highest BCUT2D eigenvalue weighted by atomic mass is 16.2. The first-order valence-corrected chi connectivity index (χ1v) is 8.47. The average molecular weight is 303 g/mol. The van der Waals surface area contributed by atoms with Crippen molar-refractivity contribution in [1.82, 2.24) is 15.5 Å². The van der Waals surface area contributed by atoms with Gasteiger partial charge in [-0.1, -0.05) is 51.1 Å². The molecular weight excluding hydrogens is 274 g/mol. The van der Waals surface area contributed by atoms with Crippen LogP contribution >= 0.6 is 0 Å². The van der Waals surface area contributed by atoms with Gasteiger partial charge in [0.05, 0.1) is 0 Å². The van der Waals surface area contributed by atoms with Gasteiger partial charge in [-0.15, -0.1) is 0 Å². The second-order valence-corrected chi connectivity index (χ2v) is 6.12. The van der Waals surface area contributed by atoms with Crippen molar-refractivity contribution in [1.29, 1.82) is 0 Å². The van der Waals surface area contributed by atoms with Gasteiger partial charge >= 0.3 is 0 Å². The van der Waals surface area contributed by atoms with E-state index in [1.54, 1.807) is 0 Å². The Kier molecular flexibility index (Phi) is 6.40. The van der Waals surface area contributed by atoms with E-state index in [-0.39, 0.29) is 18.0 Å². The largest absolute Gasteiger partial charge is 0.350 e. The third-order valence-corrected chi connectivity index (χ3v) is 4.70. The fraction of sp³-hybridized carbons (Fsp3) is 0.611. The molecule has 1 aliphatic heterocycles. The molecule has 1 amide bonds. The summed E-state index contributed by atoms with van der Waals surface area (Å²) in [7, 11) is 0. The van der Waals surface area contributed by atoms with Gasteiger partial charge in [-0.05, 0) is 37.5 Å². The summed E-state index contributed by atoms with van der Waals surface area (Å²) in [5.74, 6) is 0.647. The summed E-state index contributed by atoms with van der Waals surface area (Å²) in [6.45, 7) is 10.1. The lowest BCUT2D eigenvalue weighted by atomic mass is 9.94. The first-order valence-electron chi connectivity index (χ1n) is 8.47. The van der Waals surface area contributed by atoms with E-state index in [0.717, 1.165) is 38.2 Å². The van der Waals surface area contributed by atoms with Crippen LogP contribution in [0.2, 0.25) is 0 Å².